The predicted octanol–water partition coefficient (Wildman–Crippen LogP) is 4.38. The normalized spacial score (nSPS) is 13.0. The number of hydrogen-bond donors (Lipinski definition) is 0. The number of ketones is 1. The number of non-ortho nitro benzene ring substituents is 1. The van der Waals surface area contributed by atoms with Crippen molar-refractivity contribution in [3.63, 3.8) is 0 Å². The molecule has 1 aliphatic rings. The van der Waals surface area contributed by atoms with Crippen molar-refractivity contribution < 1.29 is 9.72 Å². The van der Waals surface area contributed by atoms with E-state index >= 15 is 0 Å². The number of nitrogens with zero attached hydrogens (tertiary/aromatic N) is 2. The van der Waals surface area contributed by atoms with Gasteiger partial charge in [-0.05, 0) is 23.1 Å². The van der Waals surface area contributed by atoms with Crippen LogP contribution in [-0.4, -0.2) is 10.7 Å². The van der Waals surface area contributed by atoms with Gasteiger partial charge in [-0.25, -0.2) is 0 Å². The fraction of sp³-hybridized carbons (Fsp3) is 0. The first kappa shape index (κ1) is 14.8. The second-order valence-corrected chi connectivity index (χ2v) is 5.70. The molecule has 25 heavy (non-hydrogen) atoms. The summed E-state index contributed by atoms with van der Waals surface area (Å²) < 4.78 is 0. The van der Waals surface area contributed by atoms with E-state index in [-0.39, 0.29) is 17.0 Å². The number of carbonyl (C=O) groups excluding carboxylic acids is 1. The second-order valence-electron chi connectivity index (χ2n) is 5.70. The molecule has 0 saturated heterocycles. The lowest BCUT2D eigenvalue weighted by molar-refractivity contribution is -0.384. The minimum atomic E-state index is -0.498. The third kappa shape index (κ3) is 2.12. The number of nitriles is 1. The van der Waals surface area contributed by atoms with Crippen molar-refractivity contribution in [1.82, 2.24) is 0 Å². The Morgan fingerprint density at radius 1 is 0.920 bits per heavy atom. The lowest BCUT2D eigenvalue weighted by Crippen LogP contribution is -2.11. The predicted molar refractivity (Wildman–Crippen MR) is 93.8 cm³/mol. The highest BCUT2D eigenvalue weighted by molar-refractivity contribution is 6.42. The molecule has 0 aliphatic heterocycles. The minimum absolute atomic E-state index is 0.0615. The maximum Gasteiger partial charge on any atom is 0.269 e. The van der Waals surface area contributed by atoms with Gasteiger partial charge in [-0.15, -0.1) is 0 Å². The van der Waals surface area contributed by atoms with Crippen molar-refractivity contribution in [1.29, 1.82) is 5.26 Å². The topological polar surface area (TPSA) is 84.0 Å². The number of rotatable bonds is 2. The molecule has 0 aromatic heterocycles. The molecule has 0 bridgehead atoms. The van der Waals surface area contributed by atoms with Crippen LogP contribution in [0, 0.1) is 21.4 Å². The number of nitro groups is 1. The van der Waals surface area contributed by atoms with Crippen LogP contribution in [0.15, 0.2) is 60.7 Å². The Bertz CT molecular complexity index is 1130. The van der Waals surface area contributed by atoms with E-state index in [0.29, 0.717) is 22.3 Å². The Morgan fingerprint density at radius 3 is 2.16 bits per heavy atom. The SMILES string of the molecule is N#CC1=C(c2ccc([N+](=O)[O-])cc2)C(=O)c2cccc3cccc1c23. The fourth-order valence-electron chi connectivity index (χ4n) is 3.26. The standard InChI is InChI=1S/C20H10N2O3/c21-11-17-15-5-1-3-12-4-2-6-16(18(12)15)20(23)19(17)13-7-9-14(10-8-13)22(24)25/h1-10H. The molecule has 118 valence electrons. The van der Waals surface area contributed by atoms with Crippen LogP contribution in [0.25, 0.3) is 21.9 Å². The Labute approximate surface area is 142 Å². The van der Waals surface area contributed by atoms with Gasteiger partial charge in [-0.1, -0.05) is 36.4 Å². The lowest BCUT2D eigenvalue weighted by Gasteiger charge is -2.19. The number of Topliss-reactive ketones (excluding diaryl/α,β-unsaturated/α-hetero) is 1. The molecule has 0 fully saturated rings. The van der Waals surface area contributed by atoms with Crippen molar-refractivity contribution in [3.05, 3.63) is 87.5 Å². The van der Waals surface area contributed by atoms with E-state index in [1.54, 1.807) is 6.07 Å². The molecule has 0 radical (unpaired) electrons. The van der Waals surface area contributed by atoms with Crippen LogP contribution in [0.1, 0.15) is 21.5 Å². The van der Waals surface area contributed by atoms with E-state index in [2.05, 4.69) is 6.07 Å². The van der Waals surface area contributed by atoms with E-state index in [4.69, 9.17) is 0 Å². The first-order valence-corrected chi connectivity index (χ1v) is 7.58. The van der Waals surface area contributed by atoms with Crippen LogP contribution in [0.3, 0.4) is 0 Å². The van der Waals surface area contributed by atoms with Gasteiger partial charge < -0.3 is 0 Å². The highest BCUT2D eigenvalue weighted by Crippen LogP contribution is 2.40. The first-order chi connectivity index (χ1) is 12.1. The number of nitro benzene ring substituents is 1. The van der Waals surface area contributed by atoms with Crippen LogP contribution < -0.4 is 0 Å². The van der Waals surface area contributed by atoms with E-state index in [1.807, 2.05) is 30.3 Å². The molecule has 4 rings (SSSR count). The zero-order valence-corrected chi connectivity index (χ0v) is 12.9. The Kier molecular flexibility index (Phi) is 3.19. The summed E-state index contributed by atoms with van der Waals surface area (Å²) in [5.41, 5.74) is 2.27. The van der Waals surface area contributed by atoms with Gasteiger partial charge in [0.15, 0.2) is 5.78 Å². The van der Waals surface area contributed by atoms with Crippen molar-refractivity contribution in [3.8, 4) is 6.07 Å². The van der Waals surface area contributed by atoms with Crippen LogP contribution in [0.5, 0.6) is 0 Å². The van der Waals surface area contributed by atoms with Gasteiger partial charge in [-0.2, -0.15) is 5.26 Å². The summed E-state index contributed by atoms with van der Waals surface area (Å²) in [6.45, 7) is 0. The number of hydrogen-bond acceptors (Lipinski definition) is 4. The van der Waals surface area contributed by atoms with Gasteiger partial charge in [0.1, 0.15) is 6.07 Å². The Morgan fingerprint density at radius 2 is 1.56 bits per heavy atom. The summed E-state index contributed by atoms with van der Waals surface area (Å²) in [5, 5.41) is 22.2. The summed E-state index contributed by atoms with van der Waals surface area (Å²) in [4.78, 5) is 23.4. The van der Waals surface area contributed by atoms with Gasteiger partial charge in [0.2, 0.25) is 0 Å². The minimum Gasteiger partial charge on any atom is -0.289 e. The Hall–Kier alpha value is -3.78. The average molecular weight is 326 g/mol. The summed E-state index contributed by atoms with van der Waals surface area (Å²) >= 11 is 0. The molecule has 0 amide bonds. The van der Waals surface area contributed by atoms with E-state index < -0.39 is 4.92 Å². The smallest absolute Gasteiger partial charge is 0.269 e. The molecular weight excluding hydrogens is 316 g/mol. The molecule has 0 unspecified atom stereocenters. The van der Waals surface area contributed by atoms with Gasteiger partial charge in [0.05, 0.1) is 10.5 Å². The molecular formula is C20H10N2O3. The van der Waals surface area contributed by atoms with Gasteiger partial charge in [0, 0.05) is 34.2 Å². The van der Waals surface area contributed by atoms with Crippen molar-refractivity contribution in [2.75, 3.05) is 0 Å². The maximum absolute atomic E-state index is 13.0. The maximum atomic E-state index is 13.0. The summed E-state index contributed by atoms with van der Waals surface area (Å²) in [5.74, 6) is -0.241. The van der Waals surface area contributed by atoms with Crippen LogP contribution in [0.2, 0.25) is 0 Å². The molecule has 3 aromatic rings. The van der Waals surface area contributed by atoms with Crippen LogP contribution in [-0.2, 0) is 0 Å². The molecule has 1 aliphatic carbocycles. The molecule has 5 heteroatoms. The highest BCUT2D eigenvalue weighted by atomic mass is 16.6. The Balaban J connectivity index is 2.02. The van der Waals surface area contributed by atoms with E-state index in [1.165, 1.54) is 24.3 Å². The molecule has 3 aromatic carbocycles. The molecule has 5 nitrogen and oxygen atoms in total. The third-order valence-corrected chi connectivity index (χ3v) is 4.37. The lowest BCUT2D eigenvalue weighted by atomic mass is 9.80. The van der Waals surface area contributed by atoms with E-state index in [0.717, 1.165) is 10.8 Å². The average Bonchev–Trinajstić information content (AvgIpc) is 2.64. The first-order valence-electron chi connectivity index (χ1n) is 7.58. The van der Waals surface area contributed by atoms with Crippen LogP contribution in [0.4, 0.5) is 5.69 Å². The number of benzene rings is 3. The van der Waals surface area contributed by atoms with Crippen molar-refractivity contribution in [2.45, 2.75) is 0 Å². The quantitative estimate of drug-likeness (QED) is 0.517. The molecule has 0 N–H and O–H groups in total. The number of carbonyl (C=O) groups is 1. The molecule has 0 saturated carbocycles. The van der Waals surface area contributed by atoms with E-state index in [9.17, 15) is 20.2 Å². The number of allylic oxidation sites excluding steroid dienone is 2. The van der Waals surface area contributed by atoms with Gasteiger partial charge in [-0.3, -0.25) is 14.9 Å². The molecule has 0 spiro atoms. The third-order valence-electron chi connectivity index (χ3n) is 4.37. The summed E-state index contributed by atoms with van der Waals surface area (Å²) in [7, 11) is 0. The molecule has 0 heterocycles. The monoisotopic (exact) mass is 326 g/mol. The summed E-state index contributed by atoms with van der Waals surface area (Å²) in [6, 6.07) is 18.9. The largest absolute Gasteiger partial charge is 0.289 e. The van der Waals surface area contributed by atoms with Gasteiger partial charge in [0.25, 0.3) is 5.69 Å². The zero-order valence-electron chi connectivity index (χ0n) is 12.9. The van der Waals surface area contributed by atoms with Crippen molar-refractivity contribution >= 4 is 33.4 Å². The zero-order chi connectivity index (χ0) is 17.6. The fourth-order valence-corrected chi connectivity index (χ4v) is 3.26. The highest BCUT2D eigenvalue weighted by Gasteiger charge is 2.28. The van der Waals surface area contributed by atoms with Crippen LogP contribution >= 0.6 is 0 Å². The second kappa shape index (κ2) is 5.39. The molecule has 0 atom stereocenters. The van der Waals surface area contributed by atoms with Crippen molar-refractivity contribution in [2.24, 2.45) is 0 Å². The summed E-state index contributed by atoms with van der Waals surface area (Å²) in [6.07, 6.45) is 0. The van der Waals surface area contributed by atoms with Gasteiger partial charge >= 0.3 is 0 Å².